The van der Waals surface area contributed by atoms with Crippen LogP contribution in [0.4, 0.5) is 0 Å². The summed E-state index contributed by atoms with van der Waals surface area (Å²) in [5.41, 5.74) is 0.109. The normalized spacial score (nSPS) is 33.0. The minimum absolute atomic E-state index is 0.172. The van der Waals surface area contributed by atoms with Gasteiger partial charge in [0.05, 0.1) is 17.3 Å². The van der Waals surface area contributed by atoms with E-state index in [2.05, 4.69) is 15.9 Å². The highest BCUT2D eigenvalue weighted by Crippen LogP contribution is 2.42. The molecular weight excluding hydrogens is 260 g/mol. The summed E-state index contributed by atoms with van der Waals surface area (Å²) in [4.78, 5) is 11.1. The smallest absolute Gasteiger partial charge is 0.334 e. The zero-order valence-electron chi connectivity index (χ0n) is 8.66. The summed E-state index contributed by atoms with van der Waals surface area (Å²) in [5, 5.41) is 9.08. The van der Waals surface area contributed by atoms with E-state index in [1.54, 1.807) is 6.08 Å². The first-order chi connectivity index (χ1) is 6.89. The Balaban J connectivity index is 2.35. The van der Waals surface area contributed by atoms with Crippen LogP contribution in [0.3, 0.4) is 0 Å². The van der Waals surface area contributed by atoms with Crippen molar-refractivity contribution < 1.29 is 14.6 Å². The largest absolute Gasteiger partial charge is 0.478 e. The fraction of sp³-hybridized carbons (Fsp3) is 0.545. The van der Waals surface area contributed by atoms with Crippen LogP contribution in [0, 0.1) is 5.92 Å². The van der Waals surface area contributed by atoms with Gasteiger partial charge in [-0.15, -0.1) is 0 Å². The van der Waals surface area contributed by atoms with E-state index in [4.69, 9.17) is 9.84 Å². The number of carbonyl (C=O) groups is 1. The highest BCUT2D eigenvalue weighted by molar-refractivity contribution is 9.11. The van der Waals surface area contributed by atoms with Crippen LogP contribution in [0.15, 0.2) is 22.2 Å². The van der Waals surface area contributed by atoms with Gasteiger partial charge in [0.25, 0.3) is 0 Å². The third kappa shape index (κ3) is 2.01. The molecule has 1 fully saturated rings. The van der Waals surface area contributed by atoms with Crippen molar-refractivity contribution in [1.82, 2.24) is 0 Å². The van der Waals surface area contributed by atoms with Crippen molar-refractivity contribution in [2.45, 2.75) is 32.0 Å². The van der Waals surface area contributed by atoms with Crippen molar-refractivity contribution in [3.05, 3.63) is 22.2 Å². The molecular formula is C11H13BrO3. The lowest BCUT2D eigenvalue weighted by molar-refractivity contribution is -0.134. The first-order valence-corrected chi connectivity index (χ1v) is 5.68. The van der Waals surface area contributed by atoms with E-state index in [9.17, 15) is 4.79 Å². The number of hydrogen-bond donors (Lipinski definition) is 1. The Hall–Kier alpha value is -0.610. The van der Waals surface area contributed by atoms with Gasteiger partial charge < -0.3 is 9.84 Å². The van der Waals surface area contributed by atoms with Gasteiger partial charge in [-0.25, -0.2) is 4.79 Å². The number of rotatable bonds is 1. The second-order valence-corrected chi connectivity index (χ2v) is 5.54. The maximum atomic E-state index is 11.1. The molecule has 0 radical (unpaired) electrons. The number of hydrogen-bond acceptors (Lipinski definition) is 2. The molecule has 2 atom stereocenters. The van der Waals surface area contributed by atoms with E-state index in [0.717, 1.165) is 10.9 Å². The number of carboxylic acids is 1. The van der Waals surface area contributed by atoms with Gasteiger partial charge in [-0.05, 0) is 26.3 Å². The van der Waals surface area contributed by atoms with Crippen LogP contribution in [0.1, 0.15) is 20.3 Å². The third-order valence-corrected chi connectivity index (χ3v) is 3.28. The molecule has 1 saturated heterocycles. The Bertz CT molecular complexity index is 368. The Morgan fingerprint density at radius 3 is 2.93 bits per heavy atom. The lowest BCUT2D eigenvalue weighted by Gasteiger charge is -2.22. The molecule has 2 rings (SSSR count). The monoisotopic (exact) mass is 272 g/mol. The third-order valence-electron chi connectivity index (χ3n) is 2.78. The molecule has 3 nitrogen and oxygen atoms in total. The number of fused-ring (bicyclic) bond motifs is 1. The van der Waals surface area contributed by atoms with Crippen molar-refractivity contribution in [2.75, 3.05) is 0 Å². The van der Waals surface area contributed by atoms with Crippen LogP contribution < -0.4 is 0 Å². The lowest BCUT2D eigenvalue weighted by Crippen LogP contribution is -2.27. The van der Waals surface area contributed by atoms with Gasteiger partial charge in [-0.1, -0.05) is 22.0 Å². The van der Waals surface area contributed by atoms with Gasteiger partial charge in [-0.3, -0.25) is 0 Å². The molecule has 4 heteroatoms. The van der Waals surface area contributed by atoms with E-state index in [1.165, 1.54) is 0 Å². The second-order valence-electron chi connectivity index (χ2n) is 4.62. The molecule has 1 N–H and O–H groups in total. The lowest BCUT2D eigenvalue weighted by atomic mass is 9.87. The molecule has 0 aromatic heterocycles. The maximum Gasteiger partial charge on any atom is 0.334 e. The van der Waals surface area contributed by atoms with Crippen LogP contribution in [0.5, 0.6) is 0 Å². The summed E-state index contributed by atoms with van der Waals surface area (Å²) in [7, 11) is 0. The minimum Gasteiger partial charge on any atom is -0.478 e. The summed E-state index contributed by atoms with van der Waals surface area (Å²) in [6.07, 6.45) is 4.23. The van der Waals surface area contributed by atoms with Gasteiger partial charge in [0, 0.05) is 10.4 Å². The van der Waals surface area contributed by atoms with Crippen molar-refractivity contribution in [3.8, 4) is 0 Å². The molecule has 0 bridgehead atoms. The summed E-state index contributed by atoms with van der Waals surface area (Å²) in [5.74, 6) is -0.724. The molecule has 1 aliphatic carbocycles. The summed E-state index contributed by atoms with van der Waals surface area (Å²) < 4.78 is 6.60. The fourth-order valence-electron chi connectivity index (χ4n) is 2.26. The first-order valence-electron chi connectivity index (χ1n) is 4.89. The Kier molecular flexibility index (Phi) is 2.51. The summed E-state index contributed by atoms with van der Waals surface area (Å²) in [6.45, 7) is 3.99. The predicted octanol–water partition coefficient (Wildman–Crippen LogP) is 2.47. The van der Waals surface area contributed by atoms with Crippen molar-refractivity contribution in [2.24, 2.45) is 5.92 Å². The molecule has 2 unspecified atom stereocenters. The molecule has 0 spiro atoms. The standard InChI is InChI=1S/C11H13BrO3/c1-11(2)5-6-3-7(12)4-8(10(13)14)9(6)15-11/h3-4,6,9H,5H2,1-2H3,(H,13,14). The Morgan fingerprint density at radius 2 is 2.33 bits per heavy atom. The van der Waals surface area contributed by atoms with Crippen molar-refractivity contribution >= 4 is 21.9 Å². The topological polar surface area (TPSA) is 46.5 Å². The molecule has 2 aliphatic rings. The molecule has 0 aromatic rings. The van der Waals surface area contributed by atoms with Crippen LogP contribution in [0.25, 0.3) is 0 Å². The SMILES string of the molecule is CC1(C)CC2C=C(Br)C=C(C(=O)O)C2O1. The summed E-state index contributed by atoms with van der Waals surface area (Å²) >= 11 is 3.34. The Morgan fingerprint density at radius 1 is 1.67 bits per heavy atom. The highest BCUT2D eigenvalue weighted by Gasteiger charge is 2.44. The van der Waals surface area contributed by atoms with E-state index in [-0.39, 0.29) is 17.6 Å². The molecule has 0 amide bonds. The van der Waals surface area contributed by atoms with Gasteiger partial charge >= 0.3 is 5.97 Å². The average Bonchev–Trinajstić information content (AvgIpc) is 2.36. The fourth-order valence-corrected chi connectivity index (χ4v) is 2.85. The zero-order chi connectivity index (χ0) is 11.2. The number of halogens is 1. The minimum atomic E-state index is -0.896. The van der Waals surface area contributed by atoms with E-state index < -0.39 is 5.97 Å². The number of ether oxygens (including phenoxy) is 1. The van der Waals surface area contributed by atoms with Gasteiger partial charge in [0.2, 0.25) is 0 Å². The van der Waals surface area contributed by atoms with Crippen molar-refractivity contribution in [1.29, 1.82) is 0 Å². The number of aliphatic carboxylic acids is 1. The van der Waals surface area contributed by atoms with Crippen molar-refractivity contribution in [3.63, 3.8) is 0 Å². The van der Waals surface area contributed by atoms with E-state index in [1.807, 2.05) is 19.9 Å². The number of carboxylic acid groups (broad SMARTS) is 1. The van der Waals surface area contributed by atoms with E-state index >= 15 is 0 Å². The van der Waals surface area contributed by atoms with Gasteiger partial charge in [-0.2, -0.15) is 0 Å². The molecule has 1 heterocycles. The first kappa shape index (κ1) is 10.9. The number of allylic oxidation sites excluding steroid dienone is 2. The molecule has 15 heavy (non-hydrogen) atoms. The molecule has 0 aromatic carbocycles. The van der Waals surface area contributed by atoms with Crippen LogP contribution in [-0.4, -0.2) is 22.8 Å². The van der Waals surface area contributed by atoms with Crippen LogP contribution >= 0.6 is 15.9 Å². The van der Waals surface area contributed by atoms with E-state index in [0.29, 0.717) is 5.57 Å². The van der Waals surface area contributed by atoms with Crippen LogP contribution in [-0.2, 0) is 9.53 Å². The molecule has 82 valence electrons. The average molecular weight is 273 g/mol. The van der Waals surface area contributed by atoms with Gasteiger partial charge in [0.15, 0.2) is 0 Å². The second kappa shape index (κ2) is 3.46. The molecule has 0 saturated carbocycles. The zero-order valence-corrected chi connectivity index (χ0v) is 10.2. The molecule has 1 aliphatic heterocycles. The highest BCUT2D eigenvalue weighted by atomic mass is 79.9. The summed E-state index contributed by atoms with van der Waals surface area (Å²) in [6, 6.07) is 0. The van der Waals surface area contributed by atoms with Crippen LogP contribution in [0.2, 0.25) is 0 Å². The van der Waals surface area contributed by atoms with Gasteiger partial charge in [0.1, 0.15) is 0 Å². The quantitative estimate of drug-likeness (QED) is 0.798. The Labute approximate surface area is 96.9 Å². The predicted molar refractivity (Wildman–Crippen MR) is 59.8 cm³/mol. The maximum absolute atomic E-state index is 11.1.